The summed E-state index contributed by atoms with van der Waals surface area (Å²) in [5.41, 5.74) is 0.610. The first kappa shape index (κ1) is 16.4. The van der Waals surface area contributed by atoms with Crippen molar-refractivity contribution < 1.29 is 13.9 Å². The summed E-state index contributed by atoms with van der Waals surface area (Å²) in [7, 11) is 0. The van der Waals surface area contributed by atoms with Gasteiger partial charge in [0.05, 0.1) is 13.2 Å². The Hall–Kier alpha value is -1.46. The van der Waals surface area contributed by atoms with Gasteiger partial charge in [-0.05, 0) is 37.6 Å². The Morgan fingerprint density at radius 2 is 2.04 bits per heavy atom. The fourth-order valence-corrected chi connectivity index (χ4v) is 3.62. The van der Waals surface area contributed by atoms with Crippen LogP contribution in [-0.4, -0.2) is 49.7 Å². The number of halogens is 1. The van der Waals surface area contributed by atoms with Crippen LogP contribution in [-0.2, 0) is 9.53 Å². The van der Waals surface area contributed by atoms with Gasteiger partial charge in [0.1, 0.15) is 5.82 Å². The van der Waals surface area contributed by atoms with E-state index in [0.29, 0.717) is 25.6 Å². The van der Waals surface area contributed by atoms with Crippen molar-refractivity contribution >= 4 is 11.6 Å². The Labute approximate surface area is 137 Å². The molecule has 0 saturated carbocycles. The van der Waals surface area contributed by atoms with E-state index in [1.807, 2.05) is 0 Å². The molecule has 2 aliphatic heterocycles. The second kappa shape index (κ2) is 6.57. The third-order valence-electron chi connectivity index (χ3n) is 5.14. The standard InChI is InChI=1S/C18H25FN2O2/c1-3-14(2)20-8-9-23-13-18(11-20)10-17(22)21(12-18)16-6-4-15(19)5-7-16/h4-7,14H,3,8-13H2,1-2H3/t14-,18+/m1/s1. The molecule has 0 radical (unpaired) electrons. The van der Waals surface area contributed by atoms with Gasteiger partial charge in [0.15, 0.2) is 0 Å². The van der Waals surface area contributed by atoms with E-state index in [9.17, 15) is 9.18 Å². The summed E-state index contributed by atoms with van der Waals surface area (Å²) in [6, 6.07) is 6.65. The summed E-state index contributed by atoms with van der Waals surface area (Å²) in [6.45, 7) is 8.19. The topological polar surface area (TPSA) is 32.8 Å². The van der Waals surface area contributed by atoms with Crippen molar-refractivity contribution in [1.82, 2.24) is 4.90 Å². The molecule has 1 aromatic rings. The Morgan fingerprint density at radius 1 is 1.30 bits per heavy atom. The third-order valence-corrected chi connectivity index (χ3v) is 5.14. The molecule has 2 saturated heterocycles. The smallest absolute Gasteiger partial charge is 0.227 e. The summed E-state index contributed by atoms with van der Waals surface area (Å²) in [5.74, 6) is -0.179. The predicted octanol–water partition coefficient (Wildman–Crippen LogP) is 2.68. The molecule has 2 atom stereocenters. The van der Waals surface area contributed by atoms with Gasteiger partial charge in [0, 0.05) is 43.2 Å². The molecule has 4 nitrogen and oxygen atoms in total. The van der Waals surface area contributed by atoms with Gasteiger partial charge >= 0.3 is 0 Å². The molecule has 0 unspecified atom stereocenters. The Kier molecular flexibility index (Phi) is 4.69. The van der Waals surface area contributed by atoms with Gasteiger partial charge < -0.3 is 9.64 Å². The van der Waals surface area contributed by atoms with Crippen LogP contribution in [0.25, 0.3) is 0 Å². The van der Waals surface area contributed by atoms with Crippen molar-refractivity contribution in [3.63, 3.8) is 0 Å². The average Bonchev–Trinajstić information content (AvgIpc) is 2.73. The zero-order chi connectivity index (χ0) is 16.4. The molecule has 0 N–H and O–H groups in total. The molecule has 23 heavy (non-hydrogen) atoms. The van der Waals surface area contributed by atoms with Crippen LogP contribution in [0, 0.1) is 11.2 Å². The highest BCUT2D eigenvalue weighted by molar-refractivity contribution is 5.96. The highest BCUT2D eigenvalue weighted by atomic mass is 19.1. The van der Waals surface area contributed by atoms with E-state index in [1.54, 1.807) is 17.0 Å². The highest BCUT2D eigenvalue weighted by Crippen LogP contribution is 2.37. The minimum absolute atomic E-state index is 0.103. The first-order valence-electron chi connectivity index (χ1n) is 8.41. The zero-order valence-electron chi connectivity index (χ0n) is 13.9. The number of ether oxygens (including phenoxy) is 1. The molecule has 0 aromatic heterocycles. The van der Waals surface area contributed by atoms with E-state index in [2.05, 4.69) is 18.7 Å². The summed E-state index contributed by atoms with van der Waals surface area (Å²) >= 11 is 0. The molecule has 5 heteroatoms. The lowest BCUT2D eigenvalue weighted by Gasteiger charge is -2.34. The molecular formula is C18H25FN2O2. The summed E-state index contributed by atoms with van der Waals surface area (Å²) in [5, 5.41) is 0. The molecule has 0 aliphatic carbocycles. The van der Waals surface area contributed by atoms with E-state index in [1.165, 1.54) is 12.1 Å². The van der Waals surface area contributed by atoms with Gasteiger partial charge in [-0.25, -0.2) is 4.39 Å². The van der Waals surface area contributed by atoms with Gasteiger partial charge in [0.25, 0.3) is 0 Å². The molecule has 0 bridgehead atoms. The molecule has 2 aliphatic rings. The van der Waals surface area contributed by atoms with Crippen molar-refractivity contribution in [2.24, 2.45) is 5.41 Å². The number of amides is 1. The molecular weight excluding hydrogens is 295 g/mol. The quantitative estimate of drug-likeness (QED) is 0.858. The summed E-state index contributed by atoms with van der Waals surface area (Å²) in [4.78, 5) is 16.8. The van der Waals surface area contributed by atoms with Crippen LogP contribution in [0.3, 0.4) is 0 Å². The predicted molar refractivity (Wildman–Crippen MR) is 87.9 cm³/mol. The second-order valence-electron chi connectivity index (χ2n) is 6.91. The minimum atomic E-state index is -0.282. The van der Waals surface area contributed by atoms with Crippen LogP contribution >= 0.6 is 0 Å². The lowest BCUT2D eigenvalue weighted by molar-refractivity contribution is -0.118. The number of benzene rings is 1. The number of hydrogen-bond donors (Lipinski definition) is 0. The number of carbonyl (C=O) groups excluding carboxylic acids is 1. The van der Waals surface area contributed by atoms with Gasteiger partial charge in [0.2, 0.25) is 5.91 Å². The molecule has 2 fully saturated rings. The lowest BCUT2D eigenvalue weighted by Crippen LogP contribution is -2.44. The van der Waals surface area contributed by atoms with Gasteiger partial charge in [-0.15, -0.1) is 0 Å². The van der Waals surface area contributed by atoms with E-state index in [0.717, 1.165) is 31.8 Å². The van der Waals surface area contributed by atoms with Crippen LogP contribution in [0.2, 0.25) is 0 Å². The van der Waals surface area contributed by atoms with Crippen molar-refractivity contribution in [3.05, 3.63) is 30.1 Å². The third kappa shape index (κ3) is 3.40. The maximum atomic E-state index is 13.1. The van der Waals surface area contributed by atoms with Gasteiger partial charge in [-0.1, -0.05) is 6.92 Å². The monoisotopic (exact) mass is 320 g/mol. The van der Waals surface area contributed by atoms with Crippen molar-refractivity contribution in [2.75, 3.05) is 37.7 Å². The first-order chi connectivity index (χ1) is 11.0. The van der Waals surface area contributed by atoms with Crippen LogP contribution in [0.1, 0.15) is 26.7 Å². The summed E-state index contributed by atoms with van der Waals surface area (Å²) in [6.07, 6.45) is 1.59. The van der Waals surface area contributed by atoms with E-state index >= 15 is 0 Å². The molecule has 1 amide bonds. The lowest BCUT2D eigenvalue weighted by atomic mass is 9.87. The van der Waals surface area contributed by atoms with Gasteiger partial charge in [-0.3, -0.25) is 9.69 Å². The zero-order valence-corrected chi connectivity index (χ0v) is 13.9. The fourth-order valence-electron chi connectivity index (χ4n) is 3.62. The minimum Gasteiger partial charge on any atom is -0.379 e. The normalized spacial score (nSPS) is 27.4. The average molecular weight is 320 g/mol. The molecule has 1 aromatic carbocycles. The molecule has 2 heterocycles. The SMILES string of the molecule is CC[C@@H](C)N1CCOC[C@@]2(CC(=O)N(c3ccc(F)cc3)C2)C1. The van der Waals surface area contributed by atoms with Crippen LogP contribution in [0.15, 0.2) is 24.3 Å². The van der Waals surface area contributed by atoms with E-state index in [4.69, 9.17) is 4.74 Å². The number of hydrogen-bond acceptors (Lipinski definition) is 3. The highest BCUT2D eigenvalue weighted by Gasteiger charge is 2.46. The van der Waals surface area contributed by atoms with Crippen molar-refractivity contribution in [1.29, 1.82) is 0 Å². The molecule has 1 spiro atoms. The Morgan fingerprint density at radius 3 is 2.74 bits per heavy atom. The molecule has 3 rings (SSSR count). The van der Waals surface area contributed by atoms with Crippen molar-refractivity contribution in [3.8, 4) is 0 Å². The number of carbonyl (C=O) groups is 1. The fraction of sp³-hybridized carbons (Fsp3) is 0.611. The van der Waals surface area contributed by atoms with E-state index in [-0.39, 0.29) is 17.1 Å². The van der Waals surface area contributed by atoms with E-state index < -0.39 is 0 Å². The maximum Gasteiger partial charge on any atom is 0.227 e. The van der Waals surface area contributed by atoms with Gasteiger partial charge in [-0.2, -0.15) is 0 Å². The summed E-state index contributed by atoms with van der Waals surface area (Å²) < 4.78 is 18.9. The number of rotatable bonds is 3. The first-order valence-corrected chi connectivity index (χ1v) is 8.41. The van der Waals surface area contributed by atoms with Crippen molar-refractivity contribution in [2.45, 2.75) is 32.7 Å². The molecule has 126 valence electrons. The largest absolute Gasteiger partial charge is 0.379 e. The van der Waals surface area contributed by atoms with Crippen LogP contribution in [0.5, 0.6) is 0 Å². The maximum absolute atomic E-state index is 13.1. The Bertz CT molecular complexity index is 563. The van der Waals surface area contributed by atoms with Crippen LogP contribution in [0.4, 0.5) is 10.1 Å². The van der Waals surface area contributed by atoms with Crippen LogP contribution < -0.4 is 4.90 Å². The Balaban J connectivity index is 1.80. The second-order valence-corrected chi connectivity index (χ2v) is 6.91. The number of nitrogens with zero attached hydrogens (tertiary/aromatic N) is 2. The number of anilines is 1.